The second-order valence-corrected chi connectivity index (χ2v) is 6.50. The van der Waals surface area contributed by atoms with Crippen LogP contribution in [-0.2, 0) is 4.79 Å². The molecule has 0 saturated carbocycles. The number of hydrogen-bond acceptors (Lipinski definition) is 6. The Morgan fingerprint density at radius 2 is 1.96 bits per heavy atom. The summed E-state index contributed by atoms with van der Waals surface area (Å²) in [7, 11) is 1.57. The normalized spacial score (nSPS) is 10.7. The number of nitro groups is 1. The number of amides is 1. The summed E-state index contributed by atoms with van der Waals surface area (Å²) in [4.78, 5) is 22.3. The molecule has 0 atom stereocenters. The summed E-state index contributed by atoms with van der Waals surface area (Å²) in [5, 5.41) is 14.7. The number of aryl methyl sites for hydroxylation is 2. The first-order valence-corrected chi connectivity index (χ1v) is 8.65. The number of carbonyl (C=O) groups excluding carboxylic acids is 1. The van der Waals surface area contributed by atoms with Gasteiger partial charge in [0, 0.05) is 12.1 Å². The van der Waals surface area contributed by atoms with E-state index in [0.717, 1.165) is 10.0 Å². The number of methoxy groups -OCH3 is 1. The number of halogens is 1. The van der Waals surface area contributed by atoms with Crippen LogP contribution in [-0.4, -0.2) is 30.8 Å². The quantitative estimate of drug-likeness (QED) is 0.407. The lowest BCUT2D eigenvalue weighted by molar-refractivity contribution is -0.385. The third-order valence-electron chi connectivity index (χ3n) is 3.58. The molecule has 9 heteroatoms. The maximum atomic E-state index is 11.9. The number of hydrazone groups is 1. The molecule has 0 aliphatic heterocycles. The van der Waals surface area contributed by atoms with Gasteiger partial charge in [0.05, 0.1) is 22.7 Å². The summed E-state index contributed by atoms with van der Waals surface area (Å²) in [5.41, 5.74) is 4.29. The zero-order valence-corrected chi connectivity index (χ0v) is 16.6. The van der Waals surface area contributed by atoms with Crippen molar-refractivity contribution in [1.29, 1.82) is 0 Å². The topological polar surface area (TPSA) is 103 Å². The molecular formula is C18H18BrN3O5. The van der Waals surface area contributed by atoms with E-state index in [1.165, 1.54) is 18.3 Å². The van der Waals surface area contributed by atoms with Gasteiger partial charge in [0.15, 0.2) is 6.61 Å². The first kappa shape index (κ1) is 20.4. The van der Waals surface area contributed by atoms with Gasteiger partial charge >= 0.3 is 0 Å². The standard InChI is InChI=1S/C18H18BrN3O5/c1-11-6-14(22(24)25)7-12(2)18(11)27-10-17(23)21-20-9-13-4-5-16(26-3)15(19)8-13/h4-9H,10H2,1-3H3,(H,21,23). The molecule has 2 rings (SSSR count). The van der Waals surface area contributed by atoms with Crippen LogP contribution in [0.3, 0.4) is 0 Å². The minimum Gasteiger partial charge on any atom is -0.496 e. The molecule has 0 fully saturated rings. The van der Waals surface area contributed by atoms with Crippen molar-refractivity contribution in [1.82, 2.24) is 5.43 Å². The molecule has 0 spiro atoms. The third-order valence-corrected chi connectivity index (χ3v) is 4.20. The minimum absolute atomic E-state index is 0.0166. The number of ether oxygens (including phenoxy) is 2. The second-order valence-electron chi connectivity index (χ2n) is 5.64. The summed E-state index contributed by atoms with van der Waals surface area (Å²) in [6, 6.07) is 8.17. The monoisotopic (exact) mass is 435 g/mol. The van der Waals surface area contributed by atoms with Crippen LogP contribution in [0, 0.1) is 24.0 Å². The van der Waals surface area contributed by atoms with E-state index in [0.29, 0.717) is 22.6 Å². The Morgan fingerprint density at radius 3 is 2.52 bits per heavy atom. The molecule has 142 valence electrons. The van der Waals surface area contributed by atoms with E-state index in [1.54, 1.807) is 39.2 Å². The van der Waals surface area contributed by atoms with Crippen LogP contribution in [0.15, 0.2) is 39.9 Å². The Kier molecular flexibility index (Phi) is 6.89. The number of nitro benzene ring substituents is 1. The van der Waals surface area contributed by atoms with Crippen molar-refractivity contribution < 1.29 is 19.2 Å². The van der Waals surface area contributed by atoms with Gasteiger partial charge < -0.3 is 9.47 Å². The highest BCUT2D eigenvalue weighted by Gasteiger charge is 2.14. The average Bonchev–Trinajstić information content (AvgIpc) is 2.61. The van der Waals surface area contributed by atoms with Gasteiger partial charge in [0.1, 0.15) is 11.5 Å². The highest BCUT2D eigenvalue weighted by molar-refractivity contribution is 9.10. The predicted molar refractivity (Wildman–Crippen MR) is 104 cm³/mol. The van der Waals surface area contributed by atoms with Gasteiger partial charge in [0.25, 0.3) is 11.6 Å². The van der Waals surface area contributed by atoms with Gasteiger partial charge in [-0.2, -0.15) is 5.10 Å². The number of hydrogen-bond donors (Lipinski definition) is 1. The molecule has 8 nitrogen and oxygen atoms in total. The molecule has 0 radical (unpaired) electrons. The lowest BCUT2D eigenvalue weighted by Gasteiger charge is -2.11. The number of non-ortho nitro benzene ring substituents is 1. The lowest BCUT2D eigenvalue weighted by atomic mass is 10.1. The number of nitrogens with one attached hydrogen (secondary N) is 1. The number of benzene rings is 2. The molecule has 1 N–H and O–H groups in total. The van der Waals surface area contributed by atoms with Gasteiger partial charge in [-0.05, 0) is 64.7 Å². The highest BCUT2D eigenvalue weighted by Crippen LogP contribution is 2.28. The molecule has 0 saturated heterocycles. The Morgan fingerprint density at radius 1 is 1.30 bits per heavy atom. The molecular weight excluding hydrogens is 418 g/mol. The van der Waals surface area contributed by atoms with Crippen LogP contribution >= 0.6 is 15.9 Å². The smallest absolute Gasteiger partial charge is 0.277 e. The predicted octanol–water partition coefficient (Wildman–Crippen LogP) is 3.51. The molecule has 2 aromatic rings. The fourth-order valence-electron chi connectivity index (χ4n) is 2.37. The third kappa shape index (κ3) is 5.52. The van der Waals surface area contributed by atoms with Gasteiger partial charge in [-0.25, -0.2) is 5.43 Å². The molecule has 2 aromatic carbocycles. The molecule has 0 aliphatic carbocycles. The van der Waals surface area contributed by atoms with Crippen LogP contribution in [0.4, 0.5) is 5.69 Å². The maximum Gasteiger partial charge on any atom is 0.277 e. The van der Waals surface area contributed by atoms with E-state index < -0.39 is 10.8 Å². The van der Waals surface area contributed by atoms with Crippen molar-refractivity contribution in [2.24, 2.45) is 5.10 Å². The van der Waals surface area contributed by atoms with Crippen molar-refractivity contribution in [2.75, 3.05) is 13.7 Å². The van der Waals surface area contributed by atoms with E-state index in [1.807, 2.05) is 0 Å². The van der Waals surface area contributed by atoms with Crippen LogP contribution in [0.1, 0.15) is 16.7 Å². The zero-order valence-electron chi connectivity index (χ0n) is 15.0. The van der Waals surface area contributed by atoms with Crippen molar-refractivity contribution in [2.45, 2.75) is 13.8 Å². The SMILES string of the molecule is COc1ccc(C=NNC(=O)COc2c(C)cc([N+](=O)[O-])cc2C)cc1Br. The van der Waals surface area contributed by atoms with Crippen molar-refractivity contribution in [3.05, 3.63) is 61.6 Å². The van der Waals surface area contributed by atoms with Gasteiger partial charge in [-0.1, -0.05) is 0 Å². The summed E-state index contributed by atoms with van der Waals surface area (Å²) in [6.07, 6.45) is 1.49. The number of nitrogens with zero attached hydrogens (tertiary/aromatic N) is 2. The van der Waals surface area contributed by atoms with E-state index >= 15 is 0 Å². The molecule has 1 amide bonds. The van der Waals surface area contributed by atoms with E-state index in [-0.39, 0.29) is 12.3 Å². The summed E-state index contributed by atoms with van der Waals surface area (Å²) < 4.78 is 11.4. The minimum atomic E-state index is -0.470. The molecule has 0 heterocycles. The average molecular weight is 436 g/mol. The Hall–Kier alpha value is -2.94. The van der Waals surface area contributed by atoms with E-state index in [4.69, 9.17) is 9.47 Å². The Labute approximate surface area is 164 Å². The molecule has 27 heavy (non-hydrogen) atoms. The Balaban J connectivity index is 1.93. The summed E-state index contributed by atoms with van der Waals surface area (Å²) in [6.45, 7) is 3.11. The number of rotatable bonds is 7. The Bertz CT molecular complexity index is 876. The molecule has 0 bridgehead atoms. The largest absolute Gasteiger partial charge is 0.496 e. The lowest BCUT2D eigenvalue weighted by Crippen LogP contribution is -2.25. The number of carbonyl (C=O) groups is 1. The zero-order chi connectivity index (χ0) is 20.0. The second kappa shape index (κ2) is 9.13. The first-order valence-electron chi connectivity index (χ1n) is 7.85. The van der Waals surface area contributed by atoms with E-state index in [2.05, 4.69) is 26.5 Å². The van der Waals surface area contributed by atoms with Gasteiger partial charge in [-0.15, -0.1) is 0 Å². The van der Waals surface area contributed by atoms with Gasteiger partial charge in [-0.3, -0.25) is 14.9 Å². The molecule has 0 aromatic heterocycles. The molecule has 0 unspecified atom stereocenters. The fraction of sp³-hybridized carbons (Fsp3) is 0.222. The van der Waals surface area contributed by atoms with Crippen LogP contribution in [0.25, 0.3) is 0 Å². The van der Waals surface area contributed by atoms with Crippen molar-refractivity contribution in [3.8, 4) is 11.5 Å². The van der Waals surface area contributed by atoms with Crippen LogP contribution in [0.2, 0.25) is 0 Å². The summed E-state index contributed by atoms with van der Waals surface area (Å²) in [5.74, 6) is 0.688. The first-order chi connectivity index (χ1) is 12.8. The summed E-state index contributed by atoms with van der Waals surface area (Å²) >= 11 is 3.37. The van der Waals surface area contributed by atoms with E-state index in [9.17, 15) is 14.9 Å². The highest BCUT2D eigenvalue weighted by atomic mass is 79.9. The van der Waals surface area contributed by atoms with Crippen LogP contribution in [0.5, 0.6) is 11.5 Å². The van der Waals surface area contributed by atoms with Crippen molar-refractivity contribution >= 4 is 33.7 Å². The maximum absolute atomic E-state index is 11.9. The fourth-order valence-corrected chi connectivity index (χ4v) is 2.93. The van der Waals surface area contributed by atoms with Crippen molar-refractivity contribution in [3.63, 3.8) is 0 Å². The van der Waals surface area contributed by atoms with Crippen LogP contribution < -0.4 is 14.9 Å². The molecule has 0 aliphatic rings. The van der Waals surface area contributed by atoms with Gasteiger partial charge in [0.2, 0.25) is 0 Å².